The molecule has 0 N–H and O–H groups in total. The SMILES string of the molecule is c1cnc(S[C@H]2C[C@H]3CC[C@H]2C3)cn1. The number of hydrogen-bond acceptors (Lipinski definition) is 3. The van der Waals surface area contributed by atoms with Crippen molar-refractivity contribution < 1.29 is 0 Å². The van der Waals surface area contributed by atoms with Crippen LogP contribution in [0.2, 0.25) is 0 Å². The summed E-state index contributed by atoms with van der Waals surface area (Å²) in [6.07, 6.45) is 11.2. The minimum absolute atomic E-state index is 0.824. The zero-order valence-electron chi connectivity index (χ0n) is 8.10. The Bertz CT molecular complexity index is 314. The molecule has 3 heteroatoms. The van der Waals surface area contributed by atoms with Crippen LogP contribution in [0.3, 0.4) is 0 Å². The fourth-order valence-corrected chi connectivity index (χ4v) is 4.19. The Labute approximate surface area is 88.5 Å². The normalized spacial score (nSPS) is 35.0. The van der Waals surface area contributed by atoms with Crippen LogP contribution in [-0.4, -0.2) is 15.2 Å². The molecule has 0 radical (unpaired) electrons. The lowest BCUT2D eigenvalue weighted by atomic mass is 10.0. The molecule has 0 unspecified atom stereocenters. The lowest BCUT2D eigenvalue weighted by Gasteiger charge is -2.19. The third kappa shape index (κ3) is 1.54. The summed E-state index contributed by atoms with van der Waals surface area (Å²) in [7, 11) is 0. The fourth-order valence-electron chi connectivity index (χ4n) is 2.83. The third-order valence-electron chi connectivity index (χ3n) is 3.48. The van der Waals surface area contributed by atoms with Crippen LogP contribution in [-0.2, 0) is 0 Å². The summed E-state index contributed by atoms with van der Waals surface area (Å²) in [4.78, 5) is 8.43. The summed E-state index contributed by atoms with van der Waals surface area (Å²) in [6.45, 7) is 0. The van der Waals surface area contributed by atoms with Crippen molar-refractivity contribution in [2.24, 2.45) is 11.8 Å². The van der Waals surface area contributed by atoms with E-state index in [-0.39, 0.29) is 0 Å². The third-order valence-corrected chi connectivity index (χ3v) is 4.82. The maximum Gasteiger partial charge on any atom is 0.115 e. The van der Waals surface area contributed by atoms with Crippen molar-refractivity contribution in [3.05, 3.63) is 18.6 Å². The first-order chi connectivity index (χ1) is 6.92. The minimum atomic E-state index is 0.824. The molecule has 0 aromatic carbocycles. The molecule has 2 aliphatic carbocycles. The molecular weight excluding hydrogens is 192 g/mol. The molecule has 1 heterocycles. The Balaban J connectivity index is 1.69. The van der Waals surface area contributed by atoms with Gasteiger partial charge in [0.25, 0.3) is 0 Å². The van der Waals surface area contributed by atoms with Gasteiger partial charge in [-0.3, -0.25) is 4.98 Å². The van der Waals surface area contributed by atoms with Crippen molar-refractivity contribution in [2.45, 2.75) is 36.0 Å². The van der Waals surface area contributed by atoms with Gasteiger partial charge in [-0.2, -0.15) is 0 Å². The van der Waals surface area contributed by atoms with Gasteiger partial charge < -0.3 is 0 Å². The number of nitrogens with zero attached hydrogens (tertiary/aromatic N) is 2. The van der Waals surface area contributed by atoms with Crippen LogP contribution in [0.1, 0.15) is 25.7 Å². The lowest BCUT2D eigenvalue weighted by molar-refractivity contribution is 0.492. The highest BCUT2D eigenvalue weighted by molar-refractivity contribution is 7.99. The Kier molecular flexibility index (Phi) is 2.20. The standard InChI is InChI=1S/C11H14N2S/c1-2-9-5-8(1)6-10(9)14-11-7-12-3-4-13-11/h3-4,7-10H,1-2,5-6H2/t8-,9-,10-/m0/s1. The molecule has 2 fully saturated rings. The molecule has 2 saturated carbocycles. The van der Waals surface area contributed by atoms with E-state index in [1.54, 1.807) is 12.4 Å². The minimum Gasteiger partial charge on any atom is -0.260 e. The Morgan fingerprint density at radius 2 is 2.21 bits per heavy atom. The summed E-state index contributed by atoms with van der Waals surface area (Å²) in [5.41, 5.74) is 0. The average molecular weight is 206 g/mol. The van der Waals surface area contributed by atoms with E-state index in [1.807, 2.05) is 18.0 Å². The van der Waals surface area contributed by atoms with E-state index in [1.165, 1.54) is 25.7 Å². The van der Waals surface area contributed by atoms with Gasteiger partial charge in [0.1, 0.15) is 5.03 Å². The quantitative estimate of drug-likeness (QED) is 0.744. The van der Waals surface area contributed by atoms with Crippen LogP contribution in [0, 0.1) is 11.8 Å². The van der Waals surface area contributed by atoms with Crippen molar-refractivity contribution in [2.75, 3.05) is 0 Å². The molecule has 74 valence electrons. The molecule has 2 nitrogen and oxygen atoms in total. The topological polar surface area (TPSA) is 25.8 Å². The number of thioether (sulfide) groups is 1. The molecule has 0 spiro atoms. The van der Waals surface area contributed by atoms with Crippen LogP contribution < -0.4 is 0 Å². The summed E-state index contributed by atoms with van der Waals surface area (Å²) in [5, 5.41) is 1.93. The smallest absolute Gasteiger partial charge is 0.115 e. The predicted molar refractivity (Wildman–Crippen MR) is 57.1 cm³/mol. The Morgan fingerprint density at radius 1 is 1.21 bits per heavy atom. The lowest BCUT2D eigenvalue weighted by Crippen LogP contribution is -2.12. The second-order valence-corrected chi connectivity index (χ2v) is 5.63. The van der Waals surface area contributed by atoms with Gasteiger partial charge in [0.05, 0.1) is 6.20 Å². The highest BCUT2D eigenvalue weighted by Gasteiger charge is 2.39. The molecule has 14 heavy (non-hydrogen) atoms. The Hall–Kier alpha value is -0.570. The van der Waals surface area contributed by atoms with Crippen molar-refractivity contribution in [3.63, 3.8) is 0 Å². The Morgan fingerprint density at radius 3 is 2.86 bits per heavy atom. The van der Waals surface area contributed by atoms with Crippen LogP contribution in [0.5, 0.6) is 0 Å². The van der Waals surface area contributed by atoms with Gasteiger partial charge in [-0.15, -0.1) is 11.8 Å². The van der Waals surface area contributed by atoms with Gasteiger partial charge >= 0.3 is 0 Å². The largest absolute Gasteiger partial charge is 0.260 e. The monoisotopic (exact) mass is 206 g/mol. The van der Waals surface area contributed by atoms with Crippen molar-refractivity contribution in [1.29, 1.82) is 0 Å². The van der Waals surface area contributed by atoms with E-state index < -0.39 is 0 Å². The van der Waals surface area contributed by atoms with E-state index in [0.717, 1.165) is 22.1 Å². The molecule has 3 atom stereocenters. The zero-order valence-corrected chi connectivity index (χ0v) is 8.91. The van der Waals surface area contributed by atoms with Crippen LogP contribution >= 0.6 is 11.8 Å². The highest BCUT2D eigenvalue weighted by atomic mass is 32.2. The van der Waals surface area contributed by atoms with Crippen LogP contribution in [0.25, 0.3) is 0 Å². The maximum absolute atomic E-state index is 4.33. The van der Waals surface area contributed by atoms with Gasteiger partial charge in [-0.05, 0) is 31.1 Å². The van der Waals surface area contributed by atoms with E-state index in [2.05, 4.69) is 9.97 Å². The summed E-state index contributed by atoms with van der Waals surface area (Å²) >= 11 is 1.94. The van der Waals surface area contributed by atoms with Gasteiger partial charge in [0.15, 0.2) is 0 Å². The number of fused-ring (bicyclic) bond motifs is 2. The first kappa shape index (κ1) is 8.72. The number of hydrogen-bond donors (Lipinski definition) is 0. The van der Waals surface area contributed by atoms with Crippen molar-refractivity contribution in [3.8, 4) is 0 Å². The molecule has 3 rings (SSSR count). The van der Waals surface area contributed by atoms with Crippen molar-refractivity contribution in [1.82, 2.24) is 9.97 Å². The molecule has 2 aliphatic rings. The molecular formula is C11H14N2S. The summed E-state index contributed by atoms with van der Waals surface area (Å²) in [6, 6.07) is 0. The van der Waals surface area contributed by atoms with Gasteiger partial charge in [-0.1, -0.05) is 6.42 Å². The second-order valence-electron chi connectivity index (χ2n) is 4.37. The van der Waals surface area contributed by atoms with Crippen LogP contribution in [0.15, 0.2) is 23.6 Å². The van der Waals surface area contributed by atoms with Crippen molar-refractivity contribution >= 4 is 11.8 Å². The molecule has 0 aliphatic heterocycles. The van der Waals surface area contributed by atoms with Gasteiger partial charge in [0, 0.05) is 17.6 Å². The fraction of sp³-hybridized carbons (Fsp3) is 0.636. The first-order valence-electron chi connectivity index (χ1n) is 5.34. The maximum atomic E-state index is 4.33. The first-order valence-corrected chi connectivity index (χ1v) is 6.22. The summed E-state index contributed by atoms with van der Waals surface area (Å²) < 4.78 is 0. The van der Waals surface area contributed by atoms with E-state index >= 15 is 0 Å². The number of aromatic nitrogens is 2. The molecule has 0 saturated heterocycles. The zero-order chi connectivity index (χ0) is 9.38. The van der Waals surface area contributed by atoms with E-state index in [0.29, 0.717) is 0 Å². The van der Waals surface area contributed by atoms with E-state index in [4.69, 9.17) is 0 Å². The summed E-state index contributed by atoms with van der Waals surface area (Å²) in [5.74, 6) is 1.99. The highest BCUT2D eigenvalue weighted by Crippen LogP contribution is 2.50. The van der Waals surface area contributed by atoms with Crippen LogP contribution in [0.4, 0.5) is 0 Å². The molecule has 2 bridgehead atoms. The predicted octanol–water partition coefficient (Wildman–Crippen LogP) is 2.76. The average Bonchev–Trinajstić information content (AvgIpc) is 2.81. The van der Waals surface area contributed by atoms with Gasteiger partial charge in [0.2, 0.25) is 0 Å². The molecule has 1 aromatic rings. The van der Waals surface area contributed by atoms with E-state index in [9.17, 15) is 0 Å². The second kappa shape index (κ2) is 3.54. The molecule has 0 amide bonds. The molecule has 1 aromatic heterocycles. The number of rotatable bonds is 2. The van der Waals surface area contributed by atoms with Gasteiger partial charge in [-0.25, -0.2) is 4.98 Å².